The van der Waals surface area contributed by atoms with Crippen molar-refractivity contribution in [1.29, 1.82) is 0 Å². The van der Waals surface area contributed by atoms with E-state index in [4.69, 9.17) is 10.9 Å². The van der Waals surface area contributed by atoms with Gasteiger partial charge in [-0.1, -0.05) is 24.4 Å². The molecule has 2 rings (SSSR count). The Morgan fingerprint density at radius 3 is 2.80 bits per heavy atom. The summed E-state index contributed by atoms with van der Waals surface area (Å²) >= 11 is 0. The molecule has 0 radical (unpaired) electrons. The van der Waals surface area contributed by atoms with Crippen molar-refractivity contribution in [2.45, 2.75) is 38.6 Å². The van der Waals surface area contributed by atoms with Gasteiger partial charge in [-0.2, -0.15) is 5.10 Å². The number of carbonyl (C=O) groups excluding carboxylic acids is 1. The van der Waals surface area contributed by atoms with E-state index in [-0.39, 0.29) is 11.7 Å². The zero-order valence-corrected chi connectivity index (χ0v) is 11.7. The molecule has 1 heterocycles. The third-order valence-electron chi connectivity index (χ3n) is 3.95. The van der Waals surface area contributed by atoms with Crippen LogP contribution in [0.2, 0.25) is 0 Å². The van der Waals surface area contributed by atoms with Gasteiger partial charge in [0, 0.05) is 25.4 Å². The molecule has 1 fully saturated rings. The van der Waals surface area contributed by atoms with Crippen LogP contribution in [0.3, 0.4) is 0 Å². The number of aryl methyl sites for hydroxylation is 1. The highest BCUT2D eigenvalue weighted by Gasteiger charge is 2.43. The predicted molar refractivity (Wildman–Crippen MR) is 74.0 cm³/mol. The van der Waals surface area contributed by atoms with Crippen LogP contribution in [0, 0.1) is 5.41 Å². The minimum atomic E-state index is -0.866. The van der Waals surface area contributed by atoms with Gasteiger partial charge < -0.3 is 16.3 Å². The summed E-state index contributed by atoms with van der Waals surface area (Å²) in [6.45, 7) is 0.396. The standard InChI is InChI=1S/C13H21N5O2/c1-18-9-10(8-16-18)7-15-12(19)13(11(14)17-20)5-3-2-4-6-13/h8-9,20H,2-7H2,1H3,(H2,14,17)(H,15,19). The molecule has 1 aromatic heterocycles. The van der Waals surface area contributed by atoms with E-state index in [1.807, 2.05) is 13.2 Å². The topological polar surface area (TPSA) is 106 Å². The van der Waals surface area contributed by atoms with Crippen LogP contribution in [0.15, 0.2) is 17.5 Å². The van der Waals surface area contributed by atoms with Crippen LogP contribution in [0.1, 0.15) is 37.7 Å². The van der Waals surface area contributed by atoms with E-state index in [0.29, 0.717) is 19.4 Å². The maximum atomic E-state index is 12.5. The van der Waals surface area contributed by atoms with Crippen molar-refractivity contribution in [2.24, 2.45) is 23.4 Å². The number of nitrogens with two attached hydrogens (primary N) is 1. The smallest absolute Gasteiger partial charge is 0.234 e. The lowest BCUT2D eigenvalue weighted by Crippen LogP contribution is -2.50. The molecule has 0 saturated heterocycles. The first kappa shape index (κ1) is 14.4. The van der Waals surface area contributed by atoms with Crippen LogP contribution in [0.5, 0.6) is 0 Å². The Morgan fingerprint density at radius 2 is 2.25 bits per heavy atom. The molecule has 1 aromatic rings. The Balaban J connectivity index is 2.07. The summed E-state index contributed by atoms with van der Waals surface area (Å²) in [6, 6.07) is 0. The summed E-state index contributed by atoms with van der Waals surface area (Å²) in [5.41, 5.74) is 5.84. The van der Waals surface area contributed by atoms with Crippen LogP contribution in [-0.2, 0) is 18.4 Å². The van der Waals surface area contributed by atoms with Crippen LogP contribution in [-0.4, -0.2) is 26.7 Å². The van der Waals surface area contributed by atoms with Crippen molar-refractivity contribution in [3.05, 3.63) is 18.0 Å². The van der Waals surface area contributed by atoms with E-state index in [9.17, 15) is 4.79 Å². The van der Waals surface area contributed by atoms with Crippen LogP contribution in [0.25, 0.3) is 0 Å². The third-order valence-corrected chi connectivity index (χ3v) is 3.95. The highest BCUT2D eigenvalue weighted by Crippen LogP contribution is 2.36. The van der Waals surface area contributed by atoms with Gasteiger partial charge in [0.15, 0.2) is 5.84 Å². The largest absolute Gasteiger partial charge is 0.409 e. The molecular weight excluding hydrogens is 258 g/mol. The second-order valence-corrected chi connectivity index (χ2v) is 5.33. The molecule has 1 saturated carbocycles. The highest BCUT2D eigenvalue weighted by atomic mass is 16.4. The lowest BCUT2D eigenvalue weighted by atomic mass is 9.72. The lowest BCUT2D eigenvalue weighted by molar-refractivity contribution is -0.129. The average Bonchev–Trinajstić information content (AvgIpc) is 2.90. The Morgan fingerprint density at radius 1 is 1.55 bits per heavy atom. The number of hydrogen-bond donors (Lipinski definition) is 3. The molecule has 0 aromatic carbocycles. The molecule has 7 nitrogen and oxygen atoms in total. The molecular formula is C13H21N5O2. The van der Waals surface area contributed by atoms with Crippen molar-refractivity contribution < 1.29 is 10.0 Å². The first-order valence-corrected chi connectivity index (χ1v) is 6.82. The lowest BCUT2D eigenvalue weighted by Gasteiger charge is -2.34. The summed E-state index contributed by atoms with van der Waals surface area (Å²) in [5.74, 6) is -0.155. The summed E-state index contributed by atoms with van der Waals surface area (Å²) in [4.78, 5) is 12.5. The molecule has 1 aliphatic carbocycles. The average molecular weight is 279 g/mol. The monoisotopic (exact) mass is 279 g/mol. The van der Waals surface area contributed by atoms with Crippen molar-refractivity contribution in [1.82, 2.24) is 15.1 Å². The number of nitrogens with zero attached hydrogens (tertiary/aromatic N) is 3. The van der Waals surface area contributed by atoms with Gasteiger partial charge in [-0.3, -0.25) is 9.48 Å². The van der Waals surface area contributed by atoms with Gasteiger partial charge in [0.05, 0.1) is 6.20 Å². The van der Waals surface area contributed by atoms with Crippen LogP contribution < -0.4 is 11.1 Å². The molecule has 110 valence electrons. The van der Waals surface area contributed by atoms with E-state index >= 15 is 0 Å². The number of rotatable bonds is 4. The van der Waals surface area contributed by atoms with Gasteiger partial charge in [-0.05, 0) is 12.8 Å². The first-order valence-electron chi connectivity index (χ1n) is 6.82. The third kappa shape index (κ3) is 2.76. The van der Waals surface area contributed by atoms with Crippen molar-refractivity contribution in [3.8, 4) is 0 Å². The Labute approximate surface area is 117 Å². The normalized spacial score (nSPS) is 18.8. The fraction of sp³-hybridized carbons (Fsp3) is 0.615. The van der Waals surface area contributed by atoms with E-state index in [2.05, 4.69) is 15.6 Å². The molecule has 20 heavy (non-hydrogen) atoms. The van der Waals surface area contributed by atoms with Gasteiger partial charge >= 0.3 is 0 Å². The predicted octanol–water partition coefficient (Wildman–Crippen LogP) is 0.733. The van der Waals surface area contributed by atoms with Crippen LogP contribution >= 0.6 is 0 Å². The second kappa shape index (κ2) is 5.94. The number of amidine groups is 1. The Hall–Kier alpha value is -2.05. The number of amides is 1. The van der Waals surface area contributed by atoms with Crippen LogP contribution in [0.4, 0.5) is 0 Å². The SMILES string of the molecule is Cn1cc(CNC(=O)C2(C(N)=NO)CCCCC2)cn1. The molecule has 0 unspecified atom stereocenters. The van der Waals surface area contributed by atoms with Crippen molar-refractivity contribution in [3.63, 3.8) is 0 Å². The van der Waals surface area contributed by atoms with Crippen molar-refractivity contribution >= 4 is 11.7 Å². The number of nitrogens with one attached hydrogen (secondary N) is 1. The molecule has 0 atom stereocenters. The number of aromatic nitrogens is 2. The first-order chi connectivity index (χ1) is 9.58. The molecule has 0 bridgehead atoms. The summed E-state index contributed by atoms with van der Waals surface area (Å²) < 4.78 is 1.68. The van der Waals surface area contributed by atoms with Gasteiger partial charge in [-0.25, -0.2) is 0 Å². The minimum Gasteiger partial charge on any atom is -0.409 e. The molecule has 4 N–H and O–H groups in total. The van der Waals surface area contributed by atoms with Gasteiger partial charge in [-0.15, -0.1) is 0 Å². The quantitative estimate of drug-likeness (QED) is 0.327. The molecule has 0 spiro atoms. The highest BCUT2D eigenvalue weighted by molar-refractivity contribution is 6.06. The molecule has 1 amide bonds. The second-order valence-electron chi connectivity index (χ2n) is 5.33. The van der Waals surface area contributed by atoms with E-state index in [0.717, 1.165) is 24.8 Å². The zero-order valence-electron chi connectivity index (χ0n) is 11.7. The Kier molecular flexibility index (Phi) is 4.26. The van der Waals surface area contributed by atoms with Gasteiger partial charge in [0.25, 0.3) is 0 Å². The zero-order chi connectivity index (χ0) is 14.6. The molecule has 0 aliphatic heterocycles. The molecule has 1 aliphatic rings. The molecule has 7 heteroatoms. The van der Waals surface area contributed by atoms with E-state index in [1.54, 1.807) is 10.9 Å². The van der Waals surface area contributed by atoms with Crippen molar-refractivity contribution in [2.75, 3.05) is 0 Å². The maximum Gasteiger partial charge on any atom is 0.234 e. The number of carbonyl (C=O) groups is 1. The summed E-state index contributed by atoms with van der Waals surface area (Å²) in [7, 11) is 1.82. The van der Waals surface area contributed by atoms with E-state index in [1.165, 1.54) is 0 Å². The number of oxime groups is 1. The Bertz CT molecular complexity index is 503. The number of hydrogen-bond acceptors (Lipinski definition) is 4. The van der Waals surface area contributed by atoms with Gasteiger partial charge in [0.2, 0.25) is 5.91 Å². The minimum absolute atomic E-state index is 0.0147. The van der Waals surface area contributed by atoms with Gasteiger partial charge in [0.1, 0.15) is 5.41 Å². The summed E-state index contributed by atoms with van der Waals surface area (Å²) in [5, 5.41) is 19.0. The fourth-order valence-corrected chi connectivity index (χ4v) is 2.77. The summed E-state index contributed by atoms with van der Waals surface area (Å²) in [6.07, 6.45) is 7.71. The van der Waals surface area contributed by atoms with E-state index < -0.39 is 5.41 Å². The fourth-order valence-electron chi connectivity index (χ4n) is 2.77. The maximum absolute atomic E-state index is 12.5.